The minimum atomic E-state index is -3.73. The molecule has 0 unspecified atom stereocenters. The number of sulfone groups is 1. The Balaban J connectivity index is 2.38. The van der Waals surface area contributed by atoms with Crippen LogP contribution in [0.1, 0.15) is 51.9 Å². The van der Waals surface area contributed by atoms with E-state index < -0.39 is 15.7 Å². The molecule has 0 saturated heterocycles. The highest BCUT2D eigenvalue weighted by molar-refractivity contribution is 7.90. The van der Waals surface area contributed by atoms with Crippen LogP contribution >= 0.6 is 0 Å². The van der Waals surface area contributed by atoms with Crippen molar-refractivity contribution in [1.82, 2.24) is 14.5 Å². The van der Waals surface area contributed by atoms with E-state index in [9.17, 15) is 17.6 Å². The Labute approximate surface area is 166 Å². The molecule has 0 N–H and O–H groups in total. The molecule has 0 bridgehead atoms. The molecular formula is C20H28FN3O3S. The van der Waals surface area contributed by atoms with Crippen LogP contribution in [0.3, 0.4) is 0 Å². The summed E-state index contributed by atoms with van der Waals surface area (Å²) in [6, 6.07) is 5.24. The molecule has 8 heteroatoms. The molecule has 0 aliphatic rings. The summed E-state index contributed by atoms with van der Waals surface area (Å²) in [5.74, 6) is -0.813. The van der Waals surface area contributed by atoms with Gasteiger partial charge in [-0.25, -0.2) is 17.8 Å². The predicted octanol–water partition coefficient (Wildman–Crippen LogP) is 3.58. The van der Waals surface area contributed by atoms with Crippen LogP contribution in [0, 0.1) is 11.7 Å². The van der Waals surface area contributed by atoms with E-state index in [4.69, 9.17) is 0 Å². The first-order chi connectivity index (χ1) is 13.1. The molecule has 1 heterocycles. The summed E-state index contributed by atoms with van der Waals surface area (Å²) in [6.07, 6.45) is 1.52. The maximum atomic E-state index is 13.1. The van der Waals surface area contributed by atoms with Crippen molar-refractivity contribution in [3.63, 3.8) is 0 Å². The van der Waals surface area contributed by atoms with E-state index in [2.05, 4.69) is 4.98 Å². The second-order valence-corrected chi connectivity index (χ2v) is 9.27. The molecule has 1 aromatic carbocycles. The van der Waals surface area contributed by atoms with Crippen molar-refractivity contribution in [1.29, 1.82) is 0 Å². The van der Waals surface area contributed by atoms with E-state index in [1.807, 2.05) is 34.6 Å². The first-order valence-electron chi connectivity index (χ1n) is 9.38. The standard InChI is InChI=1S/C20H28FN3O3S/c1-6-23(19(25)14(2)3)12-18-11-22-20(24(18)15(4)5)28(26,27)13-16-7-9-17(21)10-8-16/h7-11,14-15H,6,12-13H2,1-5H3. The van der Waals surface area contributed by atoms with Gasteiger partial charge in [-0.3, -0.25) is 4.79 Å². The molecule has 0 aliphatic carbocycles. The zero-order valence-corrected chi connectivity index (χ0v) is 17.8. The number of carbonyl (C=O) groups excluding carboxylic acids is 1. The summed E-state index contributed by atoms with van der Waals surface area (Å²) >= 11 is 0. The van der Waals surface area contributed by atoms with Crippen molar-refractivity contribution in [2.45, 2.75) is 58.1 Å². The molecule has 0 aliphatic heterocycles. The van der Waals surface area contributed by atoms with Crippen molar-refractivity contribution in [3.05, 3.63) is 47.5 Å². The molecule has 2 rings (SSSR count). The monoisotopic (exact) mass is 409 g/mol. The number of amides is 1. The maximum Gasteiger partial charge on any atom is 0.228 e. The number of carbonyl (C=O) groups is 1. The van der Waals surface area contributed by atoms with Gasteiger partial charge in [-0.05, 0) is 38.5 Å². The molecule has 2 aromatic rings. The molecule has 0 atom stereocenters. The molecule has 1 amide bonds. The minimum absolute atomic E-state index is 0.00901. The lowest BCUT2D eigenvalue weighted by atomic mass is 10.2. The highest BCUT2D eigenvalue weighted by Gasteiger charge is 2.27. The number of nitrogens with zero attached hydrogens (tertiary/aromatic N) is 3. The van der Waals surface area contributed by atoms with Crippen molar-refractivity contribution < 1.29 is 17.6 Å². The molecule has 0 saturated carbocycles. The fourth-order valence-electron chi connectivity index (χ4n) is 3.05. The van der Waals surface area contributed by atoms with Crippen LogP contribution in [0.5, 0.6) is 0 Å². The SMILES string of the molecule is CCN(Cc1cnc(S(=O)(=O)Cc2ccc(F)cc2)n1C(C)C)C(=O)C(C)C. The smallest absolute Gasteiger partial charge is 0.228 e. The maximum absolute atomic E-state index is 13.1. The van der Waals surface area contributed by atoms with Crippen LogP contribution in [0.4, 0.5) is 4.39 Å². The third-order valence-corrected chi connectivity index (χ3v) is 6.02. The van der Waals surface area contributed by atoms with Crippen molar-refractivity contribution in [3.8, 4) is 0 Å². The number of benzene rings is 1. The van der Waals surface area contributed by atoms with Crippen LogP contribution in [-0.4, -0.2) is 35.3 Å². The quantitative estimate of drug-likeness (QED) is 0.668. The lowest BCUT2D eigenvalue weighted by Crippen LogP contribution is -2.34. The second-order valence-electron chi connectivity index (χ2n) is 7.39. The summed E-state index contributed by atoms with van der Waals surface area (Å²) < 4.78 is 40.7. The molecule has 28 heavy (non-hydrogen) atoms. The number of rotatable bonds is 8. The van der Waals surface area contributed by atoms with Gasteiger partial charge in [0.25, 0.3) is 0 Å². The van der Waals surface area contributed by atoms with Gasteiger partial charge in [-0.1, -0.05) is 26.0 Å². The van der Waals surface area contributed by atoms with Gasteiger partial charge >= 0.3 is 0 Å². The van der Waals surface area contributed by atoms with Crippen LogP contribution < -0.4 is 0 Å². The van der Waals surface area contributed by atoms with Gasteiger partial charge in [-0.15, -0.1) is 0 Å². The van der Waals surface area contributed by atoms with Crippen molar-refractivity contribution in [2.24, 2.45) is 5.92 Å². The average molecular weight is 410 g/mol. The number of halogens is 1. The van der Waals surface area contributed by atoms with E-state index in [0.717, 1.165) is 0 Å². The number of imidazole rings is 1. The minimum Gasteiger partial charge on any atom is -0.337 e. The van der Waals surface area contributed by atoms with E-state index in [1.54, 1.807) is 9.47 Å². The van der Waals surface area contributed by atoms with Gasteiger partial charge in [0.2, 0.25) is 20.9 Å². The van der Waals surface area contributed by atoms with Crippen LogP contribution in [0.25, 0.3) is 0 Å². The Bertz CT molecular complexity index is 919. The molecule has 6 nitrogen and oxygen atoms in total. The summed E-state index contributed by atoms with van der Waals surface area (Å²) in [7, 11) is -3.73. The number of hydrogen-bond donors (Lipinski definition) is 0. The zero-order chi connectivity index (χ0) is 21.1. The van der Waals surface area contributed by atoms with Crippen molar-refractivity contribution >= 4 is 15.7 Å². The first kappa shape index (κ1) is 22.1. The normalized spacial score (nSPS) is 12.0. The Morgan fingerprint density at radius 3 is 2.29 bits per heavy atom. The van der Waals surface area contributed by atoms with Gasteiger partial charge < -0.3 is 9.47 Å². The average Bonchev–Trinajstić information content (AvgIpc) is 3.05. The molecular weight excluding hydrogens is 381 g/mol. The molecule has 154 valence electrons. The molecule has 0 spiro atoms. The molecule has 0 fully saturated rings. The summed E-state index contributed by atoms with van der Waals surface area (Å²) in [5.41, 5.74) is 1.16. The molecule has 1 aromatic heterocycles. The van der Waals surface area contributed by atoms with Gasteiger partial charge in [0.15, 0.2) is 0 Å². The van der Waals surface area contributed by atoms with Crippen LogP contribution in [-0.2, 0) is 26.9 Å². The molecule has 0 radical (unpaired) electrons. The lowest BCUT2D eigenvalue weighted by Gasteiger charge is -2.24. The topological polar surface area (TPSA) is 72.3 Å². The Morgan fingerprint density at radius 1 is 1.18 bits per heavy atom. The fraction of sp³-hybridized carbons (Fsp3) is 0.500. The first-order valence-corrected chi connectivity index (χ1v) is 11.0. The van der Waals surface area contributed by atoms with Crippen LogP contribution in [0.2, 0.25) is 0 Å². The second kappa shape index (κ2) is 8.86. The third kappa shape index (κ3) is 4.98. The summed E-state index contributed by atoms with van der Waals surface area (Å²) in [5, 5.41) is -0.0325. The number of hydrogen-bond acceptors (Lipinski definition) is 4. The van der Waals surface area contributed by atoms with E-state index in [1.165, 1.54) is 30.5 Å². The van der Waals surface area contributed by atoms with Gasteiger partial charge in [0.05, 0.1) is 24.2 Å². The Morgan fingerprint density at radius 2 is 1.79 bits per heavy atom. The predicted molar refractivity (Wildman–Crippen MR) is 106 cm³/mol. The van der Waals surface area contributed by atoms with E-state index >= 15 is 0 Å². The Hall–Kier alpha value is -2.22. The summed E-state index contributed by atoms with van der Waals surface area (Å²) in [4.78, 5) is 18.2. The van der Waals surface area contributed by atoms with Crippen LogP contribution in [0.15, 0.2) is 35.6 Å². The zero-order valence-electron chi connectivity index (χ0n) is 17.0. The van der Waals surface area contributed by atoms with Gasteiger partial charge in [-0.2, -0.15) is 0 Å². The Kier molecular flexibility index (Phi) is 6.98. The third-order valence-electron chi connectivity index (χ3n) is 4.44. The largest absolute Gasteiger partial charge is 0.337 e. The van der Waals surface area contributed by atoms with Gasteiger partial charge in [0, 0.05) is 18.5 Å². The van der Waals surface area contributed by atoms with Crippen molar-refractivity contribution in [2.75, 3.05) is 6.54 Å². The lowest BCUT2D eigenvalue weighted by molar-refractivity contribution is -0.134. The van der Waals surface area contributed by atoms with E-state index in [-0.39, 0.29) is 28.8 Å². The summed E-state index contributed by atoms with van der Waals surface area (Å²) in [6.45, 7) is 10.1. The fourth-order valence-corrected chi connectivity index (χ4v) is 4.65. The van der Waals surface area contributed by atoms with Gasteiger partial charge in [0.1, 0.15) is 5.82 Å². The van der Waals surface area contributed by atoms with E-state index in [0.29, 0.717) is 24.3 Å². The highest BCUT2D eigenvalue weighted by atomic mass is 32.2. The highest BCUT2D eigenvalue weighted by Crippen LogP contribution is 2.23. The number of aromatic nitrogens is 2.